The molecule has 0 spiro atoms. The number of hydrogen-bond acceptors (Lipinski definition) is 3. The van der Waals surface area contributed by atoms with E-state index < -0.39 is 11.9 Å². The van der Waals surface area contributed by atoms with Gasteiger partial charge in [-0.15, -0.1) is 0 Å². The Kier molecular flexibility index (Phi) is 5.90. The lowest BCUT2D eigenvalue weighted by Gasteiger charge is -2.03. The van der Waals surface area contributed by atoms with Crippen LogP contribution in [0.1, 0.15) is 20.7 Å². The van der Waals surface area contributed by atoms with Gasteiger partial charge in [0.25, 0.3) is 0 Å². The van der Waals surface area contributed by atoms with E-state index in [0.29, 0.717) is 5.75 Å². The molecule has 0 aliphatic carbocycles. The van der Waals surface area contributed by atoms with E-state index in [-0.39, 0.29) is 11.1 Å². The first-order chi connectivity index (χ1) is 12.0. The second-order valence-corrected chi connectivity index (χ2v) is 5.10. The molecule has 25 heavy (non-hydrogen) atoms. The van der Waals surface area contributed by atoms with Gasteiger partial charge in [0.15, 0.2) is 0 Å². The number of carbonyl (C=O) groups is 2. The standard InChI is InChI=1S/C14H10O4.C6H6O/c15-13(16)11-5-1-9(2-6-11)10-3-7-12(8-4-10)14(17)18;7-6-4-2-1-3-5-6/h1-8H,(H,15,16)(H,17,18);1-5,7H. The maximum Gasteiger partial charge on any atom is 0.335 e. The highest BCUT2D eigenvalue weighted by Crippen LogP contribution is 2.20. The van der Waals surface area contributed by atoms with Gasteiger partial charge in [0, 0.05) is 0 Å². The molecule has 3 aromatic rings. The zero-order chi connectivity index (χ0) is 18.2. The molecule has 0 atom stereocenters. The number of para-hydroxylation sites is 1. The Bertz CT molecular complexity index is 782. The van der Waals surface area contributed by atoms with Crippen LogP contribution in [0.5, 0.6) is 5.75 Å². The summed E-state index contributed by atoms with van der Waals surface area (Å²) < 4.78 is 0. The molecule has 0 bridgehead atoms. The van der Waals surface area contributed by atoms with Gasteiger partial charge in [-0.3, -0.25) is 0 Å². The Morgan fingerprint density at radius 3 is 1.16 bits per heavy atom. The van der Waals surface area contributed by atoms with E-state index in [0.717, 1.165) is 11.1 Å². The topological polar surface area (TPSA) is 94.8 Å². The molecular weight excluding hydrogens is 320 g/mol. The summed E-state index contributed by atoms with van der Waals surface area (Å²) in [6.07, 6.45) is 0. The monoisotopic (exact) mass is 336 g/mol. The quantitative estimate of drug-likeness (QED) is 0.668. The lowest BCUT2D eigenvalue weighted by molar-refractivity contribution is 0.0686. The first-order valence-corrected chi connectivity index (χ1v) is 7.38. The fourth-order valence-electron chi connectivity index (χ4n) is 2.04. The van der Waals surface area contributed by atoms with E-state index in [1.54, 1.807) is 48.5 Å². The third-order valence-electron chi connectivity index (χ3n) is 3.35. The Hall–Kier alpha value is -3.60. The van der Waals surface area contributed by atoms with Gasteiger partial charge in [-0.05, 0) is 47.5 Å². The molecule has 0 fully saturated rings. The van der Waals surface area contributed by atoms with E-state index in [4.69, 9.17) is 15.3 Å². The molecular formula is C20H16O5. The second-order valence-electron chi connectivity index (χ2n) is 5.10. The summed E-state index contributed by atoms with van der Waals surface area (Å²) in [6, 6.07) is 21.6. The summed E-state index contributed by atoms with van der Waals surface area (Å²) in [5.41, 5.74) is 2.13. The van der Waals surface area contributed by atoms with Gasteiger partial charge in [0.1, 0.15) is 5.75 Å². The summed E-state index contributed by atoms with van der Waals surface area (Å²) in [5, 5.41) is 26.2. The first-order valence-electron chi connectivity index (χ1n) is 7.38. The molecule has 0 unspecified atom stereocenters. The number of rotatable bonds is 3. The lowest BCUT2D eigenvalue weighted by Crippen LogP contribution is -1.96. The largest absolute Gasteiger partial charge is 0.508 e. The fourth-order valence-corrected chi connectivity index (χ4v) is 2.04. The van der Waals surface area contributed by atoms with Crippen LogP contribution in [0.3, 0.4) is 0 Å². The van der Waals surface area contributed by atoms with E-state index in [1.165, 1.54) is 24.3 Å². The smallest absolute Gasteiger partial charge is 0.335 e. The molecule has 3 rings (SSSR count). The SMILES string of the molecule is O=C(O)c1ccc(-c2ccc(C(=O)O)cc2)cc1.Oc1ccccc1. The van der Waals surface area contributed by atoms with E-state index in [1.807, 2.05) is 6.07 Å². The van der Waals surface area contributed by atoms with Crippen LogP contribution in [-0.2, 0) is 0 Å². The van der Waals surface area contributed by atoms with Crippen LogP contribution in [-0.4, -0.2) is 27.3 Å². The molecule has 0 saturated carbocycles. The van der Waals surface area contributed by atoms with Crippen molar-refractivity contribution in [3.05, 3.63) is 90.0 Å². The molecule has 0 aliphatic rings. The minimum Gasteiger partial charge on any atom is -0.508 e. The summed E-state index contributed by atoms with van der Waals surface area (Å²) in [4.78, 5) is 21.4. The first kappa shape index (κ1) is 17.7. The maximum absolute atomic E-state index is 10.7. The normalized spacial score (nSPS) is 9.60. The van der Waals surface area contributed by atoms with Gasteiger partial charge < -0.3 is 15.3 Å². The molecule has 0 radical (unpaired) electrons. The van der Waals surface area contributed by atoms with Gasteiger partial charge in [-0.25, -0.2) is 9.59 Å². The van der Waals surface area contributed by atoms with Crippen LogP contribution in [0, 0.1) is 0 Å². The number of phenolic OH excluding ortho intramolecular Hbond substituents is 1. The molecule has 0 amide bonds. The lowest BCUT2D eigenvalue weighted by atomic mass is 10.0. The molecule has 0 saturated heterocycles. The highest BCUT2D eigenvalue weighted by molar-refractivity contribution is 5.89. The zero-order valence-electron chi connectivity index (χ0n) is 13.2. The highest BCUT2D eigenvalue weighted by atomic mass is 16.4. The number of carboxylic acids is 2. The van der Waals surface area contributed by atoms with Crippen LogP contribution < -0.4 is 0 Å². The summed E-state index contributed by atoms with van der Waals surface area (Å²) in [5.74, 6) is -1.62. The maximum atomic E-state index is 10.7. The van der Waals surface area contributed by atoms with Crippen molar-refractivity contribution >= 4 is 11.9 Å². The van der Waals surface area contributed by atoms with E-state index in [9.17, 15) is 9.59 Å². The number of aromatic hydroxyl groups is 1. The molecule has 0 aromatic heterocycles. The predicted molar refractivity (Wildman–Crippen MR) is 93.9 cm³/mol. The Morgan fingerprint density at radius 2 is 0.920 bits per heavy atom. The third kappa shape index (κ3) is 5.21. The number of benzene rings is 3. The van der Waals surface area contributed by atoms with Gasteiger partial charge in [0.05, 0.1) is 11.1 Å². The van der Waals surface area contributed by atoms with Crippen molar-refractivity contribution in [2.45, 2.75) is 0 Å². The third-order valence-corrected chi connectivity index (χ3v) is 3.35. The summed E-state index contributed by atoms with van der Waals surface area (Å²) in [6.45, 7) is 0. The molecule has 5 nitrogen and oxygen atoms in total. The van der Waals surface area contributed by atoms with Gasteiger partial charge in [-0.1, -0.05) is 42.5 Å². The van der Waals surface area contributed by atoms with Crippen molar-refractivity contribution in [2.24, 2.45) is 0 Å². The van der Waals surface area contributed by atoms with Gasteiger partial charge >= 0.3 is 11.9 Å². The second kappa shape index (κ2) is 8.31. The van der Waals surface area contributed by atoms with Crippen molar-refractivity contribution < 1.29 is 24.9 Å². The Morgan fingerprint density at radius 1 is 0.560 bits per heavy atom. The zero-order valence-corrected chi connectivity index (χ0v) is 13.2. The van der Waals surface area contributed by atoms with Crippen molar-refractivity contribution in [2.75, 3.05) is 0 Å². The van der Waals surface area contributed by atoms with Crippen LogP contribution in [0.25, 0.3) is 11.1 Å². The molecule has 3 aromatic carbocycles. The van der Waals surface area contributed by atoms with Crippen molar-refractivity contribution in [3.63, 3.8) is 0 Å². The van der Waals surface area contributed by atoms with E-state index in [2.05, 4.69) is 0 Å². The molecule has 126 valence electrons. The summed E-state index contributed by atoms with van der Waals surface area (Å²) in [7, 11) is 0. The van der Waals surface area contributed by atoms with Crippen LogP contribution in [0.15, 0.2) is 78.9 Å². The van der Waals surface area contributed by atoms with Crippen LogP contribution in [0.4, 0.5) is 0 Å². The minimum atomic E-state index is -0.970. The number of aromatic carboxylic acids is 2. The molecule has 0 heterocycles. The average molecular weight is 336 g/mol. The van der Waals surface area contributed by atoms with Crippen LogP contribution >= 0.6 is 0 Å². The number of carboxylic acid groups (broad SMARTS) is 2. The highest BCUT2D eigenvalue weighted by Gasteiger charge is 2.05. The molecule has 3 N–H and O–H groups in total. The molecule has 5 heteroatoms. The number of phenols is 1. The number of hydrogen-bond donors (Lipinski definition) is 3. The Labute approximate surface area is 144 Å². The summed E-state index contributed by atoms with van der Waals surface area (Å²) >= 11 is 0. The average Bonchev–Trinajstić information content (AvgIpc) is 2.63. The van der Waals surface area contributed by atoms with E-state index >= 15 is 0 Å². The van der Waals surface area contributed by atoms with Crippen LogP contribution in [0.2, 0.25) is 0 Å². The van der Waals surface area contributed by atoms with Gasteiger partial charge in [-0.2, -0.15) is 0 Å². The van der Waals surface area contributed by atoms with Crippen molar-refractivity contribution in [1.82, 2.24) is 0 Å². The Balaban J connectivity index is 0.000000269. The van der Waals surface area contributed by atoms with Crippen molar-refractivity contribution in [3.8, 4) is 16.9 Å². The molecule has 0 aliphatic heterocycles. The van der Waals surface area contributed by atoms with Gasteiger partial charge in [0.2, 0.25) is 0 Å². The van der Waals surface area contributed by atoms with Crippen molar-refractivity contribution in [1.29, 1.82) is 0 Å². The fraction of sp³-hybridized carbons (Fsp3) is 0. The minimum absolute atomic E-state index is 0.223. The predicted octanol–water partition coefficient (Wildman–Crippen LogP) is 4.14.